The Morgan fingerprint density at radius 3 is 2.65 bits per heavy atom. The Labute approximate surface area is 151 Å². The van der Waals surface area contributed by atoms with Crippen molar-refractivity contribution in [2.45, 2.75) is 26.4 Å². The molecule has 7 nitrogen and oxygen atoms in total. The van der Waals surface area contributed by atoms with Crippen molar-refractivity contribution in [3.8, 4) is 0 Å². The van der Waals surface area contributed by atoms with E-state index in [1.807, 2.05) is 45.2 Å². The Morgan fingerprint density at radius 1 is 1.19 bits per heavy atom. The smallest absolute Gasteiger partial charge is 0.287 e. The van der Waals surface area contributed by atoms with Gasteiger partial charge >= 0.3 is 0 Å². The number of nitrogens with zero attached hydrogens (tertiary/aromatic N) is 2. The van der Waals surface area contributed by atoms with E-state index >= 15 is 0 Å². The van der Waals surface area contributed by atoms with Crippen LogP contribution in [0.25, 0.3) is 10.9 Å². The molecule has 0 unspecified atom stereocenters. The lowest BCUT2D eigenvalue weighted by molar-refractivity contribution is -0.124. The van der Waals surface area contributed by atoms with E-state index in [-0.39, 0.29) is 17.6 Å². The van der Waals surface area contributed by atoms with Crippen LogP contribution in [0.15, 0.2) is 47.1 Å². The predicted molar refractivity (Wildman–Crippen MR) is 97.4 cm³/mol. The average Bonchev–Trinajstić information content (AvgIpc) is 3.26. The molecule has 136 valence electrons. The number of fused-ring (bicyclic) bond motifs is 1. The molecule has 0 aliphatic heterocycles. The molecule has 2 N–H and O–H groups in total. The molecule has 0 bridgehead atoms. The van der Waals surface area contributed by atoms with Gasteiger partial charge in [-0.1, -0.05) is 32.0 Å². The summed E-state index contributed by atoms with van der Waals surface area (Å²) in [5.41, 5.74) is 1.79. The molecule has 0 fully saturated rings. The fourth-order valence-electron chi connectivity index (χ4n) is 2.86. The zero-order valence-corrected chi connectivity index (χ0v) is 15.0. The van der Waals surface area contributed by atoms with Crippen LogP contribution in [0.1, 0.15) is 30.1 Å². The maximum absolute atomic E-state index is 12.6. The third kappa shape index (κ3) is 3.61. The lowest BCUT2D eigenvalue weighted by atomic mass is 10.0. The molecule has 0 saturated heterocycles. The highest BCUT2D eigenvalue weighted by Gasteiger charge is 2.25. The largest absolute Gasteiger partial charge is 0.459 e. The molecule has 0 spiro atoms. The number of rotatable bonds is 6. The molecule has 0 aliphatic carbocycles. The highest BCUT2D eigenvalue weighted by Crippen LogP contribution is 2.17. The minimum Gasteiger partial charge on any atom is -0.459 e. The van der Waals surface area contributed by atoms with Crippen LogP contribution < -0.4 is 10.6 Å². The Hall–Kier alpha value is -3.09. The van der Waals surface area contributed by atoms with E-state index in [0.29, 0.717) is 6.54 Å². The molecule has 0 radical (unpaired) electrons. The summed E-state index contributed by atoms with van der Waals surface area (Å²) in [4.78, 5) is 24.8. The Kier molecular flexibility index (Phi) is 5.06. The van der Waals surface area contributed by atoms with Crippen molar-refractivity contribution in [3.05, 3.63) is 54.1 Å². The zero-order valence-electron chi connectivity index (χ0n) is 15.0. The fraction of sp³-hybridized carbons (Fsp3) is 0.316. The fourth-order valence-corrected chi connectivity index (χ4v) is 2.86. The second-order valence-electron chi connectivity index (χ2n) is 6.48. The number of carbonyl (C=O) groups is 2. The Bertz CT molecular complexity index is 912. The van der Waals surface area contributed by atoms with E-state index < -0.39 is 11.9 Å². The first-order valence-electron chi connectivity index (χ1n) is 8.50. The van der Waals surface area contributed by atoms with Crippen LogP contribution in [0.5, 0.6) is 0 Å². The Morgan fingerprint density at radius 2 is 1.96 bits per heavy atom. The van der Waals surface area contributed by atoms with E-state index in [9.17, 15) is 9.59 Å². The van der Waals surface area contributed by atoms with Crippen molar-refractivity contribution < 1.29 is 14.0 Å². The van der Waals surface area contributed by atoms with E-state index in [4.69, 9.17) is 4.42 Å². The van der Waals surface area contributed by atoms with Gasteiger partial charge in [-0.2, -0.15) is 5.10 Å². The number of hydrogen-bond donors (Lipinski definition) is 2. The topological polar surface area (TPSA) is 89.2 Å². The number of aromatic nitrogens is 2. The average molecular weight is 354 g/mol. The van der Waals surface area contributed by atoms with Gasteiger partial charge in [0.1, 0.15) is 6.04 Å². The van der Waals surface area contributed by atoms with Gasteiger partial charge in [-0.05, 0) is 24.1 Å². The minimum atomic E-state index is -0.664. The number of carbonyl (C=O) groups excluding carboxylic acids is 2. The van der Waals surface area contributed by atoms with Crippen LogP contribution in [-0.2, 0) is 18.4 Å². The molecule has 3 rings (SSSR count). The second-order valence-corrected chi connectivity index (χ2v) is 6.48. The lowest BCUT2D eigenvalue weighted by Crippen LogP contribution is -2.49. The first kappa shape index (κ1) is 17.7. The molecule has 7 heteroatoms. The normalized spacial score (nSPS) is 12.3. The molecule has 2 amide bonds. The summed E-state index contributed by atoms with van der Waals surface area (Å²) >= 11 is 0. The molecule has 0 aliphatic rings. The Balaban J connectivity index is 1.69. The van der Waals surface area contributed by atoms with E-state index in [1.165, 1.54) is 6.26 Å². The van der Waals surface area contributed by atoms with Gasteiger partial charge in [0.05, 0.1) is 24.0 Å². The molecule has 3 aromatic rings. The summed E-state index contributed by atoms with van der Waals surface area (Å²) in [6.45, 7) is 4.05. The highest BCUT2D eigenvalue weighted by molar-refractivity contribution is 5.95. The van der Waals surface area contributed by atoms with Crippen LogP contribution >= 0.6 is 0 Å². The zero-order chi connectivity index (χ0) is 18.7. The van der Waals surface area contributed by atoms with Crippen molar-refractivity contribution >= 4 is 22.7 Å². The number of nitrogens with one attached hydrogen (secondary N) is 2. The van der Waals surface area contributed by atoms with E-state index in [0.717, 1.165) is 16.6 Å². The molecule has 1 atom stereocenters. The summed E-state index contributed by atoms with van der Waals surface area (Å²) in [6, 6.07) is 10.4. The summed E-state index contributed by atoms with van der Waals surface area (Å²) in [6.07, 6.45) is 1.42. The highest BCUT2D eigenvalue weighted by atomic mass is 16.3. The van der Waals surface area contributed by atoms with Crippen molar-refractivity contribution in [1.29, 1.82) is 0 Å². The molecule has 1 aromatic carbocycles. The van der Waals surface area contributed by atoms with Gasteiger partial charge in [0, 0.05) is 12.4 Å². The third-order valence-electron chi connectivity index (χ3n) is 4.25. The predicted octanol–water partition coefficient (Wildman–Crippen LogP) is 2.24. The maximum Gasteiger partial charge on any atom is 0.287 e. The lowest BCUT2D eigenvalue weighted by Gasteiger charge is -2.21. The molecular formula is C19H22N4O3. The maximum atomic E-state index is 12.6. The van der Waals surface area contributed by atoms with Crippen molar-refractivity contribution in [1.82, 2.24) is 20.4 Å². The number of benzene rings is 1. The van der Waals surface area contributed by atoms with Gasteiger partial charge in [0.25, 0.3) is 5.91 Å². The van der Waals surface area contributed by atoms with Crippen LogP contribution in [0, 0.1) is 5.92 Å². The summed E-state index contributed by atoms with van der Waals surface area (Å²) in [7, 11) is 1.87. The summed E-state index contributed by atoms with van der Waals surface area (Å²) in [5.74, 6) is -0.560. The van der Waals surface area contributed by atoms with Crippen LogP contribution in [0.2, 0.25) is 0 Å². The molecule has 2 heterocycles. The summed E-state index contributed by atoms with van der Waals surface area (Å²) < 4.78 is 6.87. The van der Waals surface area contributed by atoms with E-state index in [2.05, 4.69) is 15.7 Å². The van der Waals surface area contributed by atoms with Gasteiger partial charge in [0.15, 0.2) is 5.76 Å². The third-order valence-corrected chi connectivity index (χ3v) is 4.25. The molecule has 26 heavy (non-hydrogen) atoms. The number of hydrogen-bond acceptors (Lipinski definition) is 4. The number of amides is 2. The quantitative estimate of drug-likeness (QED) is 0.710. The van der Waals surface area contributed by atoms with Crippen LogP contribution in [-0.4, -0.2) is 27.6 Å². The second kappa shape index (κ2) is 7.43. The van der Waals surface area contributed by atoms with Gasteiger partial charge in [-0.3, -0.25) is 14.3 Å². The molecule has 2 aromatic heterocycles. The standard InChI is InChI=1S/C19H22N4O3/c1-12(2)17(21-18(24)16-9-6-10-26-16)19(25)20-11-14-13-7-4-5-8-15(13)23(3)22-14/h4-10,12,17H,11H2,1-3H3,(H,20,25)(H,21,24)/t17-/m1/s1. The number of furan rings is 1. The monoisotopic (exact) mass is 354 g/mol. The SMILES string of the molecule is CC(C)[C@@H](NC(=O)c1ccco1)C(=O)NCc1nn(C)c2ccccc12. The summed E-state index contributed by atoms with van der Waals surface area (Å²) in [5, 5.41) is 11.1. The van der Waals surface area contributed by atoms with E-state index in [1.54, 1.807) is 16.8 Å². The van der Waals surface area contributed by atoms with Gasteiger partial charge < -0.3 is 15.1 Å². The van der Waals surface area contributed by atoms with Gasteiger partial charge in [-0.15, -0.1) is 0 Å². The molecular weight excluding hydrogens is 332 g/mol. The minimum absolute atomic E-state index is 0.0746. The molecule has 0 saturated carbocycles. The van der Waals surface area contributed by atoms with Crippen LogP contribution in [0.4, 0.5) is 0 Å². The number of para-hydroxylation sites is 1. The van der Waals surface area contributed by atoms with Crippen molar-refractivity contribution in [3.63, 3.8) is 0 Å². The van der Waals surface area contributed by atoms with Gasteiger partial charge in [0.2, 0.25) is 5.91 Å². The van der Waals surface area contributed by atoms with Gasteiger partial charge in [-0.25, -0.2) is 0 Å². The first-order chi connectivity index (χ1) is 12.5. The van der Waals surface area contributed by atoms with Crippen molar-refractivity contribution in [2.24, 2.45) is 13.0 Å². The first-order valence-corrected chi connectivity index (χ1v) is 8.50. The van der Waals surface area contributed by atoms with Crippen LogP contribution in [0.3, 0.4) is 0 Å². The van der Waals surface area contributed by atoms with Crippen molar-refractivity contribution in [2.75, 3.05) is 0 Å². The number of aryl methyl sites for hydroxylation is 1.